The molecule has 3 aromatic rings. The fraction of sp³-hybridized carbons (Fsp3) is 0.586. The molecule has 0 spiro atoms. The van der Waals surface area contributed by atoms with Gasteiger partial charge in [-0.1, -0.05) is 6.92 Å². The zero-order valence-corrected chi connectivity index (χ0v) is 23.3. The van der Waals surface area contributed by atoms with Crippen LogP contribution < -0.4 is 16.0 Å². The monoisotopic (exact) mass is 531 g/mol. The molecule has 0 saturated carbocycles. The second-order valence-electron chi connectivity index (χ2n) is 11.1. The molecule has 3 N–H and O–H groups in total. The molecule has 6 heterocycles. The zero-order chi connectivity index (χ0) is 26.8. The van der Waals surface area contributed by atoms with Crippen LogP contribution in [0.2, 0.25) is 0 Å². The van der Waals surface area contributed by atoms with Crippen LogP contribution in [0.3, 0.4) is 0 Å². The predicted molar refractivity (Wildman–Crippen MR) is 156 cm³/mol. The number of hydrogen-bond donors (Lipinski definition) is 2. The summed E-state index contributed by atoms with van der Waals surface area (Å²) in [4.78, 5) is 26.9. The molecule has 10 nitrogen and oxygen atoms in total. The van der Waals surface area contributed by atoms with Crippen LogP contribution in [0.4, 0.5) is 17.3 Å². The minimum Gasteiger partial charge on any atom is -0.382 e. The molecule has 0 bridgehead atoms. The van der Waals surface area contributed by atoms with Crippen molar-refractivity contribution in [2.45, 2.75) is 51.1 Å². The van der Waals surface area contributed by atoms with Crippen LogP contribution in [0.25, 0.3) is 22.3 Å². The highest BCUT2D eigenvalue weighted by Crippen LogP contribution is 2.31. The third kappa shape index (κ3) is 5.64. The number of piperidine rings is 1. The molecular formula is C29H41N9O. The van der Waals surface area contributed by atoms with Crippen LogP contribution in [-0.4, -0.2) is 101 Å². The highest BCUT2D eigenvalue weighted by molar-refractivity contribution is 5.96. The van der Waals surface area contributed by atoms with Crippen molar-refractivity contribution in [3.8, 4) is 11.3 Å². The van der Waals surface area contributed by atoms with Gasteiger partial charge in [-0.3, -0.25) is 9.88 Å². The number of hydrogen-bond acceptors (Lipinski definition) is 10. The maximum atomic E-state index is 6.27. The molecular weight excluding hydrogens is 490 g/mol. The summed E-state index contributed by atoms with van der Waals surface area (Å²) in [7, 11) is 2.22. The summed E-state index contributed by atoms with van der Waals surface area (Å²) < 4.78 is 5.53. The zero-order valence-electron chi connectivity index (χ0n) is 23.3. The third-order valence-electron chi connectivity index (χ3n) is 8.60. The first kappa shape index (κ1) is 26.2. The van der Waals surface area contributed by atoms with Crippen molar-refractivity contribution in [3.63, 3.8) is 0 Å². The Morgan fingerprint density at radius 2 is 1.69 bits per heavy atom. The maximum Gasteiger partial charge on any atom is 0.151 e. The van der Waals surface area contributed by atoms with Crippen molar-refractivity contribution in [1.29, 1.82) is 0 Å². The summed E-state index contributed by atoms with van der Waals surface area (Å²) in [6.45, 7) is 10.5. The number of likely N-dealkylation sites (N-methyl/N-ethyl adjacent to an activating group) is 1. The van der Waals surface area contributed by atoms with Gasteiger partial charge < -0.3 is 25.6 Å². The van der Waals surface area contributed by atoms with Crippen LogP contribution in [0.15, 0.2) is 24.5 Å². The molecule has 0 unspecified atom stereocenters. The van der Waals surface area contributed by atoms with Gasteiger partial charge in [0.2, 0.25) is 0 Å². The van der Waals surface area contributed by atoms with Crippen LogP contribution in [0.1, 0.15) is 38.3 Å². The molecule has 0 atom stereocenters. The number of aryl methyl sites for hydroxylation is 1. The predicted octanol–water partition coefficient (Wildman–Crippen LogP) is 3.04. The first-order valence-electron chi connectivity index (χ1n) is 14.5. The van der Waals surface area contributed by atoms with Gasteiger partial charge in [-0.25, -0.2) is 15.0 Å². The van der Waals surface area contributed by atoms with Gasteiger partial charge in [-0.15, -0.1) is 0 Å². The van der Waals surface area contributed by atoms with Gasteiger partial charge in [0, 0.05) is 76.3 Å². The van der Waals surface area contributed by atoms with Crippen LogP contribution >= 0.6 is 0 Å². The van der Waals surface area contributed by atoms with Gasteiger partial charge in [0.25, 0.3) is 0 Å². The smallest absolute Gasteiger partial charge is 0.151 e. The van der Waals surface area contributed by atoms with E-state index in [4.69, 9.17) is 25.4 Å². The van der Waals surface area contributed by atoms with Crippen molar-refractivity contribution < 1.29 is 4.74 Å². The van der Waals surface area contributed by atoms with E-state index in [0.717, 1.165) is 73.9 Å². The summed E-state index contributed by atoms with van der Waals surface area (Å²) >= 11 is 0. The number of nitrogens with zero attached hydrogens (tertiary/aromatic N) is 7. The molecule has 3 saturated heterocycles. The van der Waals surface area contributed by atoms with E-state index in [1.807, 2.05) is 6.20 Å². The first-order valence-corrected chi connectivity index (χ1v) is 14.5. The van der Waals surface area contributed by atoms with Gasteiger partial charge in [0.05, 0.1) is 23.3 Å². The largest absolute Gasteiger partial charge is 0.382 e. The van der Waals surface area contributed by atoms with E-state index >= 15 is 0 Å². The second kappa shape index (κ2) is 11.6. The first-order chi connectivity index (χ1) is 19.1. The number of piperazine rings is 1. The highest BCUT2D eigenvalue weighted by Gasteiger charge is 2.27. The average molecular weight is 532 g/mol. The Bertz CT molecular complexity index is 1260. The highest BCUT2D eigenvalue weighted by atomic mass is 16.5. The number of fused-ring (bicyclic) bond motifs is 1. The molecule has 3 fully saturated rings. The Labute approximate surface area is 231 Å². The number of nitrogen functional groups attached to an aromatic ring is 1. The van der Waals surface area contributed by atoms with E-state index in [2.05, 4.69) is 51.1 Å². The lowest BCUT2D eigenvalue weighted by atomic mass is 10.0. The fourth-order valence-corrected chi connectivity index (χ4v) is 6.09. The number of rotatable bonds is 6. The molecule has 0 aliphatic carbocycles. The quantitative estimate of drug-likeness (QED) is 0.493. The molecule has 0 amide bonds. The summed E-state index contributed by atoms with van der Waals surface area (Å²) in [5.74, 6) is 1.22. The molecule has 0 aromatic carbocycles. The van der Waals surface area contributed by atoms with E-state index in [-0.39, 0.29) is 0 Å². The van der Waals surface area contributed by atoms with E-state index in [9.17, 15) is 0 Å². The van der Waals surface area contributed by atoms with Crippen molar-refractivity contribution in [2.24, 2.45) is 0 Å². The molecule has 3 aliphatic rings. The summed E-state index contributed by atoms with van der Waals surface area (Å²) in [5, 5.41) is 3.62. The van der Waals surface area contributed by atoms with Gasteiger partial charge in [0.15, 0.2) is 5.82 Å². The fourth-order valence-electron chi connectivity index (χ4n) is 6.09. The SMILES string of the molecule is CCc1nc2c(N)ncc(-c3ccc(N4CCC(N5CCN(C)CC5)CC4)cn3)c2nc1NC1CCOCC1. The van der Waals surface area contributed by atoms with Crippen molar-refractivity contribution in [3.05, 3.63) is 30.2 Å². The van der Waals surface area contributed by atoms with Crippen molar-refractivity contribution in [2.75, 3.05) is 75.5 Å². The normalized spacial score (nSPS) is 20.5. The van der Waals surface area contributed by atoms with Gasteiger partial charge in [-0.05, 0) is 51.3 Å². The number of pyridine rings is 2. The van der Waals surface area contributed by atoms with E-state index in [1.165, 1.54) is 44.7 Å². The number of ether oxygens (including phenoxy) is 1. The van der Waals surface area contributed by atoms with Gasteiger partial charge >= 0.3 is 0 Å². The van der Waals surface area contributed by atoms with Crippen LogP contribution in [0, 0.1) is 0 Å². The molecule has 6 rings (SSSR count). The minimum atomic E-state index is 0.330. The standard InChI is InChI=1S/C29H41N9O/c1-3-24-29(33-20-8-16-39-17-9-20)35-26-23(19-32-28(30)27(26)34-24)25-5-4-22(18-31-25)37-10-6-21(7-11-37)38-14-12-36(2)13-15-38/h4-5,18-21H,3,6-17H2,1-2H3,(H2,30,32)(H,33,35). The Morgan fingerprint density at radius 3 is 2.38 bits per heavy atom. The summed E-state index contributed by atoms with van der Waals surface area (Å²) in [6, 6.07) is 5.28. The molecule has 3 aromatic heterocycles. The van der Waals surface area contributed by atoms with Crippen molar-refractivity contribution in [1.82, 2.24) is 29.7 Å². The van der Waals surface area contributed by atoms with Crippen LogP contribution in [0.5, 0.6) is 0 Å². The van der Waals surface area contributed by atoms with E-state index in [1.54, 1.807) is 6.20 Å². The lowest BCUT2D eigenvalue weighted by Gasteiger charge is -2.42. The number of nitrogens with two attached hydrogens (primary N) is 1. The average Bonchev–Trinajstić information content (AvgIpc) is 2.98. The molecule has 3 aliphatic heterocycles. The summed E-state index contributed by atoms with van der Waals surface area (Å²) in [5.41, 5.74) is 11.4. The lowest BCUT2D eigenvalue weighted by Crippen LogP contribution is -2.52. The van der Waals surface area contributed by atoms with E-state index < -0.39 is 0 Å². The van der Waals surface area contributed by atoms with E-state index in [0.29, 0.717) is 23.4 Å². The number of anilines is 3. The Balaban J connectivity index is 1.20. The molecule has 39 heavy (non-hydrogen) atoms. The van der Waals surface area contributed by atoms with Crippen molar-refractivity contribution >= 4 is 28.4 Å². The Hall–Kier alpha value is -3.08. The Kier molecular flexibility index (Phi) is 7.76. The second-order valence-corrected chi connectivity index (χ2v) is 11.1. The number of nitrogens with one attached hydrogen (secondary N) is 1. The van der Waals surface area contributed by atoms with Gasteiger partial charge in [-0.2, -0.15) is 0 Å². The maximum absolute atomic E-state index is 6.27. The lowest BCUT2D eigenvalue weighted by molar-refractivity contribution is 0.0903. The van der Waals surface area contributed by atoms with Crippen LogP contribution in [-0.2, 0) is 11.2 Å². The minimum absolute atomic E-state index is 0.330. The number of aromatic nitrogens is 4. The third-order valence-corrected chi connectivity index (χ3v) is 8.60. The molecule has 10 heteroatoms. The topological polar surface area (TPSA) is 109 Å². The summed E-state index contributed by atoms with van der Waals surface area (Å²) in [6.07, 6.45) is 8.86. The van der Waals surface area contributed by atoms with Gasteiger partial charge in [0.1, 0.15) is 16.9 Å². The molecule has 0 radical (unpaired) electrons. The Morgan fingerprint density at radius 1 is 0.923 bits per heavy atom. The molecule has 208 valence electrons.